The van der Waals surface area contributed by atoms with Crippen molar-refractivity contribution < 1.29 is 9.53 Å². The minimum atomic E-state index is -0.233. The normalized spacial score (nSPS) is 17.1. The quantitative estimate of drug-likeness (QED) is 0.658. The number of rotatable bonds is 6. The van der Waals surface area contributed by atoms with Gasteiger partial charge in [-0.2, -0.15) is 5.10 Å². The monoisotopic (exact) mass is 424 g/mol. The molecule has 1 fully saturated rings. The van der Waals surface area contributed by atoms with Crippen molar-refractivity contribution in [3.8, 4) is 5.69 Å². The lowest BCUT2D eigenvalue weighted by Crippen LogP contribution is -2.47. The number of ether oxygens (including phenoxy) is 1. The summed E-state index contributed by atoms with van der Waals surface area (Å²) in [5.74, 6) is -0.233. The van der Waals surface area contributed by atoms with Crippen LogP contribution in [0.5, 0.6) is 0 Å². The molecule has 0 saturated carbocycles. The first kappa shape index (κ1) is 20.6. The second-order valence-electron chi connectivity index (χ2n) is 7.42. The van der Waals surface area contributed by atoms with Crippen molar-refractivity contribution >= 4 is 17.5 Å². The number of nitrogens with zero attached hydrogens (tertiary/aromatic N) is 3. The number of aryl methyl sites for hydroxylation is 1. The lowest BCUT2D eigenvalue weighted by Gasteiger charge is -2.33. The molecule has 156 valence electrons. The summed E-state index contributed by atoms with van der Waals surface area (Å²) in [4.78, 5) is 15.2. The number of benzene rings is 2. The summed E-state index contributed by atoms with van der Waals surface area (Å²) >= 11 is 6.49. The molecule has 2 aromatic carbocycles. The SMILES string of the molecule is Cc1nn(-c2ccccc2)c(Cl)c1C(=O)NCC1CN(Cc2ccccc2)CCO1. The van der Waals surface area contributed by atoms with Crippen LogP contribution in [-0.4, -0.2) is 52.9 Å². The minimum absolute atomic E-state index is 0.0605. The van der Waals surface area contributed by atoms with Crippen LogP contribution in [0.4, 0.5) is 0 Å². The zero-order valence-corrected chi connectivity index (χ0v) is 17.7. The highest BCUT2D eigenvalue weighted by atomic mass is 35.5. The van der Waals surface area contributed by atoms with Crippen molar-refractivity contribution in [2.24, 2.45) is 0 Å². The van der Waals surface area contributed by atoms with Crippen molar-refractivity contribution in [2.75, 3.05) is 26.2 Å². The van der Waals surface area contributed by atoms with E-state index in [9.17, 15) is 4.79 Å². The Balaban J connectivity index is 1.37. The lowest BCUT2D eigenvalue weighted by molar-refractivity contribution is -0.0292. The van der Waals surface area contributed by atoms with E-state index in [1.165, 1.54) is 5.56 Å². The molecule has 1 aliphatic rings. The Hall–Kier alpha value is -2.67. The predicted molar refractivity (Wildman–Crippen MR) is 117 cm³/mol. The molecule has 1 saturated heterocycles. The van der Waals surface area contributed by atoms with Crippen LogP contribution in [0.2, 0.25) is 5.15 Å². The number of carbonyl (C=O) groups excluding carboxylic acids is 1. The lowest BCUT2D eigenvalue weighted by atomic mass is 10.2. The molecule has 0 spiro atoms. The van der Waals surface area contributed by atoms with E-state index in [0.717, 1.165) is 25.3 Å². The molecule has 1 aromatic heterocycles. The van der Waals surface area contributed by atoms with E-state index in [2.05, 4.69) is 39.6 Å². The molecule has 30 heavy (non-hydrogen) atoms. The van der Waals surface area contributed by atoms with Crippen molar-refractivity contribution in [1.82, 2.24) is 20.0 Å². The van der Waals surface area contributed by atoms with Crippen LogP contribution in [0.1, 0.15) is 21.6 Å². The number of carbonyl (C=O) groups is 1. The third-order valence-electron chi connectivity index (χ3n) is 5.19. The highest BCUT2D eigenvalue weighted by Crippen LogP contribution is 2.23. The summed E-state index contributed by atoms with van der Waals surface area (Å²) in [6.45, 7) is 5.40. The molecule has 1 aliphatic heterocycles. The maximum Gasteiger partial charge on any atom is 0.256 e. The Kier molecular flexibility index (Phi) is 6.47. The zero-order valence-electron chi connectivity index (χ0n) is 16.9. The maximum atomic E-state index is 12.8. The van der Waals surface area contributed by atoms with Crippen LogP contribution in [-0.2, 0) is 11.3 Å². The van der Waals surface area contributed by atoms with Gasteiger partial charge in [-0.05, 0) is 24.6 Å². The number of nitrogens with one attached hydrogen (secondary N) is 1. The van der Waals surface area contributed by atoms with Crippen LogP contribution in [0.25, 0.3) is 5.69 Å². The number of halogens is 1. The van der Waals surface area contributed by atoms with E-state index in [4.69, 9.17) is 16.3 Å². The number of para-hydroxylation sites is 1. The van der Waals surface area contributed by atoms with Crippen molar-refractivity contribution in [2.45, 2.75) is 19.6 Å². The standard InChI is InChI=1S/C23H25ClN4O2/c1-17-21(22(24)28(26-17)19-10-6-3-7-11-19)23(29)25-14-20-16-27(12-13-30-20)15-18-8-4-2-5-9-18/h2-11,20H,12-16H2,1H3,(H,25,29). The third-order valence-corrected chi connectivity index (χ3v) is 5.54. The highest BCUT2D eigenvalue weighted by Gasteiger charge is 2.24. The van der Waals surface area contributed by atoms with Gasteiger partial charge in [-0.25, -0.2) is 4.68 Å². The van der Waals surface area contributed by atoms with Gasteiger partial charge in [0.15, 0.2) is 0 Å². The van der Waals surface area contributed by atoms with E-state index >= 15 is 0 Å². The molecule has 7 heteroatoms. The topological polar surface area (TPSA) is 59.4 Å². The Bertz CT molecular complexity index is 991. The largest absolute Gasteiger partial charge is 0.374 e. The predicted octanol–water partition coefficient (Wildman–Crippen LogP) is 3.46. The Morgan fingerprint density at radius 2 is 1.87 bits per heavy atom. The molecule has 1 atom stereocenters. The van der Waals surface area contributed by atoms with Gasteiger partial charge in [0.2, 0.25) is 0 Å². The summed E-state index contributed by atoms with van der Waals surface area (Å²) in [5, 5.41) is 7.72. The zero-order chi connectivity index (χ0) is 20.9. The molecule has 1 N–H and O–H groups in total. The summed E-state index contributed by atoms with van der Waals surface area (Å²) in [6, 6.07) is 19.9. The average molecular weight is 425 g/mol. The van der Waals surface area contributed by atoms with Gasteiger partial charge >= 0.3 is 0 Å². The van der Waals surface area contributed by atoms with Crippen molar-refractivity contribution in [3.63, 3.8) is 0 Å². The fourth-order valence-corrected chi connectivity index (χ4v) is 4.04. The summed E-state index contributed by atoms with van der Waals surface area (Å²) in [6.07, 6.45) is -0.0605. The molecular weight excluding hydrogens is 400 g/mol. The van der Waals surface area contributed by atoms with Gasteiger partial charge in [-0.15, -0.1) is 0 Å². The first-order chi connectivity index (χ1) is 14.6. The van der Waals surface area contributed by atoms with E-state index in [0.29, 0.717) is 29.6 Å². The molecule has 6 nitrogen and oxygen atoms in total. The molecule has 0 radical (unpaired) electrons. The number of hydrogen-bond acceptors (Lipinski definition) is 4. The van der Waals surface area contributed by atoms with Gasteiger partial charge < -0.3 is 10.1 Å². The second-order valence-corrected chi connectivity index (χ2v) is 7.78. The molecule has 1 amide bonds. The van der Waals surface area contributed by atoms with E-state index in [1.807, 2.05) is 36.4 Å². The van der Waals surface area contributed by atoms with Crippen LogP contribution in [0.15, 0.2) is 60.7 Å². The smallest absolute Gasteiger partial charge is 0.256 e. The summed E-state index contributed by atoms with van der Waals surface area (Å²) in [5.41, 5.74) is 3.09. The molecule has 1 unspecified atom stereocenters. The number of amides is 1. The third kappa shape index (κ3) is 4.73. The van der Waals surface area contributed by atoms with Gasteiger partial charge in [-0.1, -0.05) is 60.1 Å². The Morgan fingerprint density at radius 1 is 1.17 bits per heavy atom. The molecular formula is C23H25ClN4O2. The molecule has 4 rings (SSSR count). The van der Waals surface area contributed by atoms with E-state index in [1.54, 1.807) is 11.6 Å². The van der Waals surface area contributed by atoms with E-state index < -0.39 is 0 Å². The highest BCUT2D eigenvalue weighted by molar-refractivity contribution is 6.33. The molecule has 3 aromatic rings. The fraction of sp³-hybridized carbons (Fsp3) is 0.304. The van der Waals surface area contributed by atoms with Gasteiger partial charge in [0.25, 0.3) is 5.91 Å². The Morgan fingerprint density at radius 3 is 2.60 bits per heavy atom. The van der Waals surface area contributed by atoms with Crippen molar-refractivity contribution in [1.29, 1.82) is 0 Å². The molecule has 0 bridgehead atoms. The van der Waals surface area contributed by atoms with Crippen LogP contribution >= 0.6 is 11.6 Å². The molecule has 2 heterocycles. The van der Waals surface area contributed by atoms with Crippen LogP contribution < -0.4 is 5.32 Å². The van der Waals surface area contributed by atoms with Gasteiger partial charge in [0.05, 0.1) is 29.7 Å². The minimum Gasteiger partial charge on any atom is -0.374 e. The molecule has 0 aliphatic carbocycles. The maximum absolute atomic E-state index is 12.8. The number of hydrogen-bond donors (Lipinski definition) is 1. The van der Waals surface area contributed by atoms with Crippen LogP contribution in [0.3, 0.4) is 0 Å². The Labute approximate surface area is 181 Å². The number of aromatic nitrogens is 2. The summed E-state index contributed by atoms with van der Waals surface area (Å²) < 4.78 is 7.44. The van der Waals surface area contributed by atoms with Gasteiger partial charge in [-0.3, -0.25) is 9.69 Å². The number of morpholine rings is 1. The average Bonchev–Trinajstić information content (AvgIpc) is 3.08. The first-order valence-corrected chi connectivity index (χ1v) is 10.5. The summed E-state index contributed by atoms with van der Waals surface area (Å²) in [7, 11) is 0. The first-order valence-electron chi connectivity index (χ1n) is 10.1. The fourth-order valence-electron chi connectivity index (χ4n) is 3.68. The van der Waals surface area contributed by atoms with Gasteiger partial charge in [0.1, 0.15) is 5.15 Å². The van der Waals surface area contributed by atoms with E-state index in [-0.39, 0.29) is 12.0 Å². The van der Waals surface area contributed by atoms with Crippen molar-refractivity contribution in [3.05, 3.63) is 82.6 Å². The van der Waals surface area contributed by atoms with Gasteiger partial charge in [0, 0.05) is 26.2 Å². The second kappa shape index (κ2) is 9.43. The van der Waals surface area contributed by atoms with Crippen LogP contribution in [0, 0.1) is 6.92 Å².